The molecule has 3 aromatic rings. The van der Waals surface area contributed by atoms with E-state index in [1.54, 1.807) is 18.9 Å². The van der Waals surface area contributed by atoms with Crippen LogP contribution >= 0.6 is 0 Å². The molecular weight excluding hydrogens is 372 g/mol. The minimum absolute atomic E-state index is 0.0404. The fourth-order valence-electron chi connectivity index (χ4n) is 4.33. The van der Waals surface area contributed by atoms with Crippen LogP contribution in [-0.4, -0.2) is 61.4 Å². The lowest BCUT2D eigenvalue weighted by Crippen LogP contribution is -2.46. The summed E-state index contributed by atoms with van der Waals surface area (Å²) in [7, 11) is 0. The van der Waals surface area contributed by atoms with Crippen molar-refractivity contribution < 1.29 is 14.3 Å². The molecule has 0 amide bonds. The number of nitrogens with zero attached hydrogens (tertiary/aromatic N) is 5. The SMILES string of the molecule is OC[C@@H]1CN(Cc2ccco2)C[C@H](n2cnc3c(NC4CCCC4)ncnc32)O1. The molecule has 9 nitrogen and oxygen atoms in total. The molecule has 1 saturated carbocycles. The van der Waals surface area contributed by atoms with E-state index in [1.807, 2.05) is 16.7 Å². The molecule has 0 bridgehead atoms. The van der Waals surface area contributed by atoms with Crippen LogP contribution in [0.4, 0.5) is 5.82 Å². The lowest BCUT2D eigenvalue weighted by atomic mass is 10.2. The molecule has 2 atom stereocenters. The molecule has 4 heterocycles. The Labute approximate surface area is 168 Å². The van der Waals surface area contributed by atoms with E-state index in [9.17, 15) is 5.11 Å². The molecule has 1 aliphatic carbocycles. The van der Waals surface area contributed by atoms with Crippen molar-refractivity contribution in [2.75, 3.05) is 25.0 Å². The second-order valence-corrected chi connectivity index (χ2v) is 7.84. The molecule has 2 aliphatic rings. The third kappa shape index (κ3) is 3.85. The number of ether oxygens (including phenoxy) is 1. The molecule has 5 rings (SSSR count). The molecule has 0 aromatic carbocycles. The van der Waals surface area contributed by atoms with Crippen LogP contribution in [0.1, 0.15) is 37.7 Å². The maximum atomic E-state index is 9.73. The Morgan fingerprint density at radius 3 is 2.86 bits per heavy atom. The summed E-state index contributed by atoms with van der Waals surface area (Å²) in [5, 5.41) is 13.3. The first-order chi connectivity index (χ1) is 14.3. The highest BCUT2D eigenvalue weighted by atomic mass is 16.5. The van der Waals surface area contributed by atoms with Crippen molar-refractivity contribution in [1.29, 1.82) is 0 Å². The summed E-state index contributed by atoms with van der Waals surface area (Å²) in [6.07, 6.45) is 9.27. The van der Waals surface area contributed by atoms with Crippen molar-refractivity contribution in [2.24, 2.45) is 0 Å². The monoisotopic (exact) mass is 398 g/mol. The number of hydrogen-bond donors (Lipinski definition) is 2. The first-order valence-electron chi connectivity index (χ1n) is 10.3. The summed E-state index contributed by atoms with van der Waals surface area (Å²) >= 11 is 0. The van der Waals surface area contributed by atoms with Crippen LogP contribution in [0.15, 0.2) is 35.5 Å². The normalized spacial score (nSPS) is 23.8. The van der Waals surface area contributed by atoms with Crippen molar-refractivity contribution in [1.82, 2.24) is 24.4 Å². The van der Waals surface area contributed by atoms with Gasteiger partial charge < -0.3 is 19.6 Å². The number of aromatic nitrogens is 4. The second-order valence-electron chi connectivity index (χ2n) is 7.84. The number of aliphatic hydroxyl groups is 1. The van der Waals surface area contributed by atoms with Gasteiger partial charge in [-0.2, -0.15) is 0 Å². The topological polar surface area (TPSA) is 101 Å². The molecule has 0 radical (unpaired) electrons. The Morgan fingerprint density at radius 2 is 2.07 bits per heavy atom. The summed E-state index contributed by atoms with van der Waals surface area (Å²) in [6.45, 7) is 1.92. The lowest BCUT2D eigenvalue weighted by molar-refractivity contribution is -0.136. The number of imidazole rings is 1. The number of rotatable bonds is 6. The minimum Gasteiger partial charge on any atom is -0.468 e. The van der Waals surface area contributed by atoms with Gasteiger partial charge in [0.15, 0.2) is 17.0 Å². The molecule has 1 saturated heterocycles. The highest BCUT2D eigenvalue weighted by molar-refractivity contribution is 5.82. The van der Waals surface area contributed by atoms with Crippen LogP contribution in [0, 0.1) is 0 Å². The van der Waals surface area contributed by atoms with Crippen molar-refractivity contribution >= 4 is 17.0 Å². The van der Waals surface area contributed by atoms with Gasteiger partial charge >= 0.3 is 0 Å². The van der Waals surface area contributed by atoms with E-state index in [4.69, 9.17) is 9.15 Å². The summed E-state index contributed by atoms with van der Waals surface area (Å²) in [5.74, 6) is 1.67. The van der Waals surface area contributed by atoms with Gasteiger partial charge in [-0.1, -0.05) is 12.8 Å². The minimum atomic E-state index is -0.296. The zero-order chi connectivity index (χ0) is 19.6. The van der Waals surface area contributed by atoms with Gasteiger partial charge in [-0.3, -0.25) is 9.47 Å². The maximum absolute atomic E-state index is 9.73. The van der Waals surface area contributed by atoms with E-state index in [1.165, 1.54) is 12.8 Å². The summed E-state index contributed by atoms with van der Waals surface area (Å²) in [5.41, 5.74) is 1.49. The van der Waals surface area contributed by atoms with Gasteiger partial charge in [0.25, 0.3) is 0 Å². The predicted octanol–water partition coefficient (Wildman–Crippen LogP) is 2.17. The number of hydrogen-bond acceptors (Lipinski definition) is 8. The van der Waals surface area contributed by atoms with Crippen molar-refractivity contribution in [3.05, 3.63) is 36.8 Å². The first-order valence-corrected chi connectivity index (χ1v) is 10.3. The standard InChI is InChI=1S/C20H26N6O3/c27-11-16-9-25(8-15-6-3-7-28-15)10-17(29-16)26-13-23-18-19(21-12-22-20(18)26)24-14-4-1-2-5-14/h3,6-7,12-14,16-17,27H,1-2,4-5,8-11H2,(H,21,22,24)/t16-,17+/m0/s1. The Morgan fingerprint density at radius 1 is 1.17 bits per heavy atom. The van der Waals surface area contributed by atoms with Gasteiger partial charge in [0.05, 0.1) is 31.8 Å². The predicted molar refractivity (Wildman–Crippen MR) is 106 cm³/mol. The second kappa shape index (κ2) is 8.10. The highest BCUT2D eigenvalue weighted by Gasteiger charge is 2.30. The fourth-order valence-corrected chi connectivity index (χ4v) is 4.33. The van der Waals surface area contributed by atoms with E-state index in [-0.39, 0.29) is 18.9 Å². The zero-order valence-electron chi connectivity index (χ0n) is 16.3. The Balaban J connectivity index is 1.39. The number of aliphatic hydroxyl groups excluding tert-OH is 1. The Hall–Kier alpha value is -2.49. The number of furan rings is 1. The third-order valence-corrected chi connectivity index (χ3v) is 5.75. The van der Waals surface area contributed by atoms with Gasteiger partial charge in [0.2, 0.25) is 0 Å². The number of fused-ring (bicyclic) bond motifs is 1. The van der Waals surface area contributed by atoms with Crippen LogP contribution in [0.5, 0.6) is 0 Å². The molecule has 2 N–H and O–H groups in total. The molecule has 0 spiro atoms. The number of morpholine rings is 1. The molecule has 2 fully saturated rings. The van der Waals surface area contributed by atoms with E-state index >= 15 is 0 Å². The zero-order valence-corrected chi connectivity index (χ0v) is 16.3. The molecule has 154 valence electrons. The molecular formula is C20H26N6O3. The molecule has 29 heavy (non-hydrogen) atoms. The van der Waals surface area contributed by atoms with E-state index in [0.717, 1.165) is 35.6 Å². The number of anilines is 1. The van der Waals surface area contributed by atoms with E-state index in [2.05, 4.69) is 25.2 Å². The first kappa shape index (κ1) is 18.5. The average Bonchev–Trinajstić information content (AvgIpc) is 3.50. The maximum Gasteiger partial charge on any atom is 0.167 e. The largest absolute Gasteiger partial charge is 0.468 e. The molecule has 1 aliphatic heterocycles. The van der Waals surface area contributed by atoms with Crippen molar-refractivity contribution in [2.45, 2.75) is 50.6 Å². The van der Waals surface area contributed by atoms with Crippen LogP contribution in [-0.2, 0) is 11.3 Å². The summed E-state index contributed by atoms with van der Waals surface area (Å²) < 4.78 is 13.6. The van der Waals surface area contributed by atoms with Crippen LogP contribution < -0.4 is 5.32 Å². The molecule has 0 unspecified atom stereocenters. The van der Waals surface area contributed by atoms with Gasteiger partial charge in [-0.15, -0.1) is 0 Å². The number of nitrogens with one attached hydrogen (secondary N) is 1. The fraction of sp³-hybridized carbons (Fsp3) is 0.550. The van der Waals surface area contributed by atoms with Gasteiger partial charge in [0.1, 0.15) is 18.3 Å². The smallest absolute Gasteiger partial charge is 0.167 e. The van der Waals surface area contributed by atoms with Crippen molar-refractivity contribution in [3.63, 3.8) is 0 Å². The van der Waals surface area contributed by atoms with Crippen LogP contribution in [0.25, 0.3) is 11.2 Å². The highest BCUT2D eigenvalue weighted by Crippen LogP contribution is 2.28. The Bertz CT molecular complexity index is 937. The van der Waals surface area contributed by atoms with E-state index < -0.39 is 0 Å². The van der Waals surface area contributed by atoms with Gasteiger partial charge in [-0.25, -0.2) is 15.0 Å². The summed E-state index contributed by atoms with van der Waals surface area (Å²) in [4.78, 5) is 15.7. The van der Waals surface area contributed by atoms with Gasteiger partial charge in [0, 0.05) is 19.1 Å². The third-order valence-electron chi connectivity index (χ3n) is 5.75. The van der Waals surface area contributed by atoms with Crippen molar-refractivity contribution in [3.8, 4) is 0 Å². The van der Waals surface area contributed by atoms with Crippen LogP contribution in [0.2, 0.25) is 0 Å². The molecule has 3 aromatic heterocycles. The summed E-state index contributed by atoms with van der Waals surface area (Å²) in [6, 6.07) is 4.29. The average molecular weight is 398 g/mol. The van der Waals surface area contributed by atoms with E-state index in [0.29, 0.717) is 25.7 Å². The van der Waals surface area contributed by atoms with Gasteiger partial charge in [-0.05, 0) is 25.0 Å². The lowest BCUT2D eigenvalue weighted by Gasteiger charge is -2.37. The molecule has 9 heteroatoms. The quantitative estimate of drug-likeness (QED) is 0.651. The Kier molecular flexibility index (Phi) is 5.17. The van der Waals surface area contributed by atoms with Crippen LogP contribution in [0.3, 0.4) is 0 Å².